The summed E-state index contributed by atoms with van der Waals surface area (Å²) in [6, 6.07) is 0. The Bertz CT molecular complexity index is 467. The van der Waals surface area contributed by atoms with Crippen molar-refractivity contribution in [1.82, 2.24) is 20.8 Å². The van der Waals surface area contributed by atoms with E-state index in [9.17, 15) is 4.79 Å². The number of carbonyl (C=O) groups excluding carboxylic acids is 1. The summed E-state index contributed by atoms with van der Waals surface area (Å²) in [6.07, 6.45) is 4.64. The van der Waals surface area contributed by atoms with Gasteiger partial charge in [0.25, 0.3) is 5.91 Å². The summed E-state index contributed by atoms with van der Waals surface area (Å²) in [4.78, 5) is 12.1. The minimum Gasteiger partial charge on any atom is -0.350 e. The summed E-state index contributed by atoms with van der Waals surface area (Å²) in [5, 5.41) is 13.5. The Kier molecular flexibility index (Phi) is 4.16. The Morgan fingerprint density at radius 2 is 2.26 bits per heavy atom. The molecule has 5 nitrogen and oxygen atoms in total. The molecule has 0 radical (unpaired) electrons. The number of aromatic nitrogens is 2. The fourth-order valence-corrected chi connectivity index (χ4v) is 2.75. The van der Waals surface area contributed by atoms with Gasteiger partial charge < -0.3 is 10.6 Å². The standard InChI is InChI=1S/C13H20N4O.ClH/c1-13(4-2-5-13)8-15-12(18)11-9-7-14-6-3-10(9)16-17-11;/h14H,2-8H2,1H3,(H,15,18)(H,16,17);1H. The van der Waals surface area contributed by atoms with E-state index in [2.05, 4.69) is 27.8 Å². The summed E-state index contributed by atoms with van der Waals surface area (Å²) >= 11 is 0. The lowest BCUT2D eigenvalue weighted by Crippen LogP contribution is -2.40. The third kappa shape index (κ3) is 2.77. The topological polar surface area (TPSA) is 69.8 Å². The zero-order valence-corrected chi connectivity index (χ0v) is 12.0. The van der Waals surface area contributed by atoms with Crippen molar-refractivity contribution in [2.24, 2.45) is 5.41 Å². The number of aromatic amines is 1. The van der Waals surface area contributed by atoms with Gasteiger partial charge >= 0.3 is 0 Å². The van der Waals surface area contributed by atoms with Gasteiger partial charge in [-0.2, -0.15) is 5.10 Å². The highest BCUT2D eigenvalue weighted by Gasteiger charge is 2.32. The fourth-order valence-electron chi connectivity index (χ4n) is 2.75. The molecule has 2 heterocycles. The van der Waals surface area contributed by atoms with Crippen LogP contribution in [0.5, 0.6) is 0 Å². The van der Waals surface area contributed by atoms with Crippen LogP contribution in [0.25, 0.3) is 0 Å². The summed E-state index contributed by atoms with van der Waals surface area (Å²) in [7, 11) is 0. The van der Waals surface area contributed by atoms with E-state index >= 15 is 0 Å². The van der Waals surface area contributed by atoms with E-state index in [4.69, 9.17) is 0 Å². The highest BCUT2D eigenvalue weighted by Crippen LogP contribution is 2.39. The predicted octanol–water partition coefficient (Wildman–Crippen LogP) is 1.40. The third-order valence-corrected chi connectivity index (χ3v) is 4.26. The number of H-pyrrole nitrogens is 1. The van der Waals surface area contributed by atoms with Gasteiger partial charge in [0.2, 0.25) is 0 Å². The van der Waals surface area contributed by atoms with E-state index in [1.807, 2.05) is 0 Å². The minimum absolute atomic E-state index is 0. The van der Waals surface area contributed by atoms with Gasteiger partial charge in [0, 0.05) is 37.3 Å². The highest BCUT2D eigenvalue weighted by molar-refractivity contribution is 5.94. The Hall–Kier alpha value is -1.07. The maximum absolute atomic E-state index is 12.1. The number of halogens is 1. The number of amides is 1. The Labute approximate surface area is 119 Å². The molecule has 1 amide bonds. The molecule has 0 aromatic carbocycles. The molecule has 0 bridgehead atoms. The first-order valence-corrected chi connectivity index (χ1v) is 6.73. The summed E-state index contributed by atoms with van der Waals surface area (Å²) < 4.78 is 0. The van der Waals surface area contributed by atoms with Crippen LogP contribution in [0.3, 0.4) is 0 Å². The molecule has 1 aliphatic heterocycles. The van der Waals surface area contributed by atoms with E-state index in [-0.39, 0.29) is 18.3 Å². The molecule has 106 valence electrons. The number of nitrogens with one attached hydrogen (secondary N) is 3. The van der Waals surface area contributed by atoms with Crippen LogP contribution in [0.2, 0.25) is 0 Å². The first kappa shape index (κ1) is 14.3. The monoisotopic (exact) mass is 284 g/mol. The van der Waals surface area contributed by atoms with Gasteiger partial charge in [0.1, 0.15) is 0 Å². The van der Waals surface area contributed by atoms with Gasteiger partial charge in [0.05, 0.1) is 0 Å². The molecule has 1 aromatic rings. The maximum Gasteiger partial charge on any atom is 0.272 e. The molecule has 0 saturated heterocycles. The predicted molar refractivity (Wildman–Crippen MR) is 75.5 cm³/mol. The number of nitrogens with zero attached hydrogens (tertiary/aromatic N) is 1. The molecule has 19 heavy (non-hydrogen) atoms. The van der Waals surface area contributed by atoms with E-state index in [0.717, 1.165) is 37.3 Å². The Balaban J connectivity index is 0.00000133. The summed E-state index contributed by atoms with van der Waals surface area (Å²) in [6.45, 7) is 4.69. The third-order valence-electron chi connectivity index (χ3n) is 4.26. The van der Waals surface area contributed by atoms with E-state index in [1.54, 1.807) is 0 Å². The molecule has 0 atom stereocenters. The van der Waals surface area contributed by atoms with E-state index in [0.29, 0.717) is 11.1 Å². The van der Waals surface area contributed by atoms with Crippen LogP contribution in [0.4, 0.5) is 0 Å². The molecule has 1 aliphatic carbocycles. The van der Waals surface area contributed by atoms with Crippen LogP contribution in [0, 0.1) is 5.41 Å². The molecule has 3 N–H and O–H groups in total. The Morgan fingerprint density at radius 1 is 1.47 bits per heavy atom. The largest absolute Gasteiger partial charge is 0.350 e. The molecule has 0 spiro atoms. The van der Waals surface area contributed by atoms with Crippen molar-refractivity contribution in [2.45, 2.75) is 39.2 Å². The lowest BCUT2D eigenvalue weighted by Gasteiger charge is -2.38. The van der Waals surface area contributed by atoms with Gasteiger partial charge in [-0.15, -0.1) is 12.4 Å². The van der Waals surface area contributed by atoms with Crippen molar-refractivity contribution in [1.29, 1.82) is 0 Å². The van der Waals surface area contributed by atoms with Gasteiger partial charge in [0.15, 0.2) is 5.69 Å². The molecule has 2 aliphatic rings. The lowest BCUT2D eigenvalue weighted by molar-refractivity contribution is 0.0884. The number of hydrogen-bond acceptors (Lipinski definition) is 3. The van der Waals surface area contributed by atoms with Gasteiger partial charge in [-0.3, -0.25) is 9.89 Å². The quantitative estimate of drug-likeness (QED) is 0.786. The van der Waals surface area contributed by atoms with Crippen LogP contribution in [-0.2, 0) is 13.0 Å². The zero-order chi connectivity index (χ0) is 12.6. The molecule has 1 fully saturated rings. The summed E-state index contributed by atoms with van der Waals surface area (Å²) in [5.74, 6) is -0.0377. The van der Waals surface area contributed by atoms with Gasteiger partial charge in [-0.05, 0) is 18.3 Å². The zero-order valence-electron chi connectivity index (χ0n) is 11.2. The number of carbonyl (C=O) groups is 1. The fraction of sp³-hybridized carbons (Fsp3) is 0.692. The second-order valence-corrected chi connectivity index (χ2v) is 5.80. The average molecular weight is 285 g/mol. The van der Waals surface area contributed by atoms with Crippen LogP contribution in [0.15, 0.2) is 0 Å². The second kappa shape index (κ2) is 5.51. The van der Waals surface area contributed by atoms with E-state index < -0.39 is 0 Å². The average Bonchev–Trinajstić information content (AvgIpc) is 2.77. The van der Waals surface area contributed by atoms with Crippen LogP contribution in [-0.4, -0.2) is 29.2 Å². The van der Waals surface area contributed by atoms with Crippen molar-refractivity contribution >= 4 is 18.3 Å². The van der Waals surface area contributed by atoms with Crippen molar-refractivity contribution in [3.8, 4) is 0 Å². The Morgan fingerprint density at radius 3 is 2.95 bits per heavy atom. The lowest BCUT2D eigenvalue weighted by atomic mass is 9.70. The molecule has 6 heteroatoms. The first-order chi connectivity index (χ1) is 8.68. The molecule has 1 saturated carbocycles. The number of hydrogen-bond donors (Lipinski definition) is 3. The van der Waals surface area contributed by atoms with Crippen molar-refractivity contribution in [2.75, 3.05) is 13.1 Å². The number of rotatable bonds is 3. The second-order valence-electron chi connectivity index (χ2n) is 5.80. The number of fused-ring (bicyclic) bond motifs is 1. The molecule has 1 aromatic heterocycles. The summed E-state index contributed by atoms with van der Waals surface area (Å²) in [5.41, 5.74) is 3.02. The first-order valence-electron chi connectivity index (χ1n) is 6.73. The SMILES string of the molecule is CC1(CNC(=O)c2n[nH]c3c2CNCC3)CCC1.Cl. The normalized spacial score (nSPS) is 19.8. The molecule has 0 unspecified atom stereocenters. The smallest absolute Gasteiger partial charge is 0.272 e. The molecule has 3 rings (SSSR count). The van der Waals surface area contributed by atoms with Crippen molar-refractivity contribution < 1.29 is 4.79 Å². The van der Waals surface area contributed by atoms with Gasteiger partial charge in [-0.1, -0.05) is 13.3 Å². The van der Waals surface area contributed by atoms with Crippen LogP contribution in [0.1, 0.15) is 47.9 Å². The maximum atomic E-state index is 12.1. The minimum atomic E-state index is -0.0377. The van der Waals surface area contributed by atoms with Crippen LogP contribution < -0.4 is 10.6 Å². The van der Waals surface area contributed by atoms with Crippen LogP contribution >= 0.6 is 12.4 Å². The van der Waals surface area contributed by atoms with Crippen molar-refractivity contribution in [3.05, 3.63) is 17.0 Å². The molecular weight excluding hydrogens is 264 g/mol. The van der Waals surface area contributed by atoms with E-state index in [1.165, 1.54) is 19.3 Å². The van der Waals surface area contributed by atoms with Crippen molar-refractivity contribution in [3.63, 3.8) is 0 Å². The molecular formula is C13H21ClN4O. The highest BCUT2D eigenvalue weighted by atomic mass is 35.5. The van der Waals surface area contributed by atoms with Gasteiger partial charge in [-0.25, -0.2) is 0 Å².